The lowest BCUT2D eigenvalue weighted by atomic mass is 10.1. The molecule has 0 N–H and O–H groups in total. The first-order valence-electron chi connectivity index (χ1n) is 6.04. The number of benzene rings is 2. The van der Waals surface area contributed by atoms with Gasteiger partial charge in [0.15, 0.2) is 0 Å². The van der Waals surface area contributed by atoms with E-state index >= 15 is 0 Å². The summed E-state index contributed by atoms with van der Waals surface area (Å²) in [5.74, 6) is 0.911. The number of hydrogen-bond acceptors (Lipinski definition) is 2. The summed E-state index contributed by atoms with van der Waals surface area (Å²) in [5.41, 5.74) is 0. The fourth-order valence-corrected chi connectivity index (χ4v) is 2.22. The Bertz CT molecular complexity index is 525. The standard InChI is InChI=1S/C15H17BrO2/c1-11(7-8-17-2)18-15-6-4-12-9-14(16)5-3-13(12)10-15/h3-6,9-11H,7-8H2,1-2H3. The molecule has 2 aromatic rings. The van der Waals surface area contributed by atoms with Gasteiger partial charge in [0, 0.05) is 24.6 Å². The summed E-state index contributed by atoms with van der Waals surface area (Å²) in [4.78, 5) is 0. The zero-order valence-electron chi connectivity index (χ0n) is 10.7. The summed E-state index contributed by atoms with van der Waals surface area (Å²) >= 11 is 3.47. The van der Waals surface area contributed by atoms with Gasteiger partial charge in [0.05, 0.1) is 6.10 Å². The molecule has 1 atom stereocenters. The highest BCUT2D eigenvalue weighted by molar-refractivity contribution is 9.10. The minimum Gasteiger partial charge on any atom is -0.491 e. The van der Waals surface area contributed by atoms with Gasteiger partial charge in [-0.25, -0.2) is 0 Å². The van der Waals surface area contributed by atoms with Crippen LogP contribution in [0.3, 0.4) is 0 Å². The molecule has 0 bridgehead atoms. The molecule has 0 aliphatic rings. The van der Waals surface area contributed by atoms with Crippen LogP contribution < -0.4 is 4.74 Å². The Morgan fingerprint density at radius 3 is 2.61 bits per heavy atom. The van der Waals surface area contributed by atoms with E-state index in [1.54, 1.807) is 7.11 Å². The molecule has 0 amide bonds. The molecule has 0 spiro atoms. The Hall–Kier alpha value is -1.06. The van der Waals surface area contributed by atoms with Crippen molar-refractivity contribution >= 4 is 26.7 Å². The van der Waals surface area contributed by atoms with Crippen LogP contribution in [0.15, 0.2) is 40.9 Å². The molecule has 0 fully saturated rings. The van der Waals surface area contributed by atoms with Gasteiger partial charge in [-0.15, -0.1) is 0 Å². The normalized spacial score (nSPS) is 12.6. The molecule has 2 nitrogen and oxygen atoms in total. The highest BCUT2D eigenvalue weighted by Crippen LogP contribution is 2.24. The van der Waals surface area contributed by atoms with E-state index in [2.05, 4.69) is 47.1 Å². The number of methoxy groups -OCH3 is 1. The third kappa shape index (κ3) is 3.47. The SMILES string of the molecule is COCCC(C)Oc1ccc2cc(Br)ccc2c1. The topological polar surface area (TPSA) is 18.5 Å². The van der Waals surface area contributed by atoms with E-state index in [1.807, 2.05) is 12.1 Å². The molecule has 0 radical (unpaired) electrons. The number of ether oxygens (including phenoxy) is 2. The van der Waals surface area contributed by atoms with Gasteiger partial charge in [-0.3, -0.25) is 0 Å². The fraction of sp³-hybridized carbons (Fsp3) is 0.333. The molecule has 1 unspecified atom stereocenters. The molecule has 2 aromatic carbocycles. The van der Waals surface area contributed by atoms with Crippen LogP contribution in [-0.2, 0) is 4.74 Å². The Balaban J connectivity index is 2.12. The Morgan fingerprint density at radius 1 is 1.11 bits per heavy atom. The average molecular weight is 309 g/mol. The predicted molar refractivity (Wildman–Crippen MR) is 78.2 cm³/mol. The van der Waals surface area contributed by atoms with E-state index in [0.29, 0.717) is 0 Å². The summed E-state index contributed by atoms with van der Waals surface area (Å²) in [6.45, 7) is 2.78. The summed E-state index contributed by atoms with van der Waals surface area (Å²) < 4.78 is 12.0. The second-order valence-electron chi connectivity index (χ2n) is 4.36. The zero-order chi connectivity index (χ0) is 13.0. The van der Waals surface area contributed by atoms with Crippen molar-refractivity contribution in [2.75, 3.05) is 13.7 Å². The third-order valence-corrected chi connectivity index (χ3v) is 3.33. The molecule has 0 heterocycles. The maximum Gasteiger partial charge on any atom is 0.120 e. The summed E-state index contributed by atoms with van der Waals surface area (Å²) in [6, 6.07) is 12.4. The summed E-state index contributed by atoms with van der Waals surface area (Å²) in [7, 11) is 1.71. The van der Waals surface area contributed by atoms with Crippen LogP contribution in [0.25, 0.3) is 10.8 Å². The van der Waals surface area contributed by atoms with Crippen molar-refractivity contribution in [2.45, 2.75) is 19.4 Å². The first kappa shape index (κ1) is 13.4. The van der Waals surface area contributed by atoms with Crippen LogP contribution >= 0.6 is 15.9 Å². The van der Waals surface area contributed by atoms with Crippen molar-refractivity contribution in [1.82, 2.24) is 0 Å². The van der Waals surface area contributed by atoms with Crippen LogP contribution in [0.5, 0.6) is 5.75 Å². The predicted octanol–water partition coefficient (Wildman–Crippen LogP) is 4.41. The van der Waals surface area contributed by atoms with Gasteiger partial charge in [-0.05, 0) is 42.0 Å². The molecule has 3 heteroatoms. The zero-order valence-corrected chi connectivity index (χ0v) is 12.2. The quantitative estimate of drug-likeness (QED) is 0.814. The highest BCUT2D eigenvalue weighted by atomic mass is 79.9. The van der Waals surface area contributed by atoms with E-state index in [9.17, 15) is 0 Å². The summed E-state index contributed by atoms with van der Waals surface area (Å²) in [5, 5.41) is 2.40. The Labute approximate surface area is 116 Å². The van der Waals surface area contributed by atoms with Gasteiger partial charge in [0.2, 0.25) is 0 Å². The lowest BCUT2D eigenvalue weighted by Gasteiger charge is -2.14. The molecule has 0 aliphatic carbocycles. The molecule has 2 rings (SSSR count). The maximum atomic E-state index is 5.86. The van der Waals surface area contributed by atoms with Gasteiger partial charge in [0.1, 0.15) is 5.75 Å². The fourth-order valence-electron chi connectivity index (χ4n) is 1.84. The number of rotatable bonds is 5. The second kappa shape index (κ2) is 6.21. The smallest absolute Gasteiger partial charge is 0.120 e. The van der Waals surface area contributed by atoms with E-state index in [-0.39, 0.29) is 6.10 Å². The van der Waals surface area contributed by atoms with Gasteiger partial charge in [0.25, 0.3) is 0 Å². The summed E-state index contributed by atoms with van der Waals surface area (Å²) in [6.07, 6.45) is 1.06. The van der Waals surface area contributed by atoms with Gasteiger partial charge < -0.3 is 9.47 Å². The van der Waals surface area contributed by atoms with Crippen molar-refractivity contribution in [1.29, 1.82) is 0 Å². The lowest BCUT2D eigenvalue weighted by molar-refractivity contribution is 0.135. The average Bonchev–Trinajstić information content (AvgIpc) is 2.36. The first-order valence-corrected chi connectivity index (χ1v) is 6.83. The molecular formula is C15H17BrO2. The minimum absolute atomic E-state index is 0.165. The lowest BCUT2D eigenvalue weighted by Crippen LogP contribution is -2.14. The first-order chi connectivity index (χ1) is 8.69. The molecule has 0 saturated carbocycles. The largest absolute Gasteiger partial charge is 0.491 e. The maximum absolute atomic E-state index is 5.86. The van der Waals surface area contributed by atoms with E-state index < -0.39 is 0 Å². The molecule has 0 saturated heterocycles. The highest BCUT2D eigenvalue weighted by Gasteiger charge is 2.04. The van der Waals surface area contributed by atoms with E-state index in [0.717, 1.165) is 23.2 Å². The minimum atomic E-state index is 0.165. The van der Waals surface area contributed by atoms with Crippen LogP contribution in [0.4, 0.5) is 0 Å². The van der Waals surface area contributed by atoms with Crippen molar-refractivity contribution in [2.24, 2.45) is 0 Å². The third-order valence-electron chi connectivity index (χ3n) is 2.84. The van der Waals surface area contributed by atoms with Crippen molar-refractivity contribution < 1.29 is 9.47 Å². The molecular weight excluding hydrogens is 292 g/mol. The number of hydrogen-bond donors (Lipinski definition) is 0. The monoisotopic (exact) mass is 308 g/mol. The van der Waals surface area contributed by atoms with Crippen molar-refractivity contribution in [3.05, 3.63) is 40.9 Å². The molecule has 0 aliphatic heterocycles. The molecule has 96 valence electrons. The Morgan fingerprint density at radius 2 is 1.83 bits per heavy atom. The van der Waals surface area contributed by atoms with E-state index in [1.165, 1.54) is 10.8 Å². The van der Waals surface area contributed by atoms with Crippen LogP contribution in [0, 0.1) is 0 Å². The van der Waals surface area contributed by atoms with Crippen LogP contribution in [0.1, 0.15) is 13.3 Å². The molecule has 0 aromatic heterocycles. The number of halogens is 1. The van der Waals surface area contributed by atoms with Gasteiger partial charge in [-0.2, -0.15) is 0 Å². The van der Waals surface area contributed by atoms with Crippen LogP contribution in [0.2, 0.25) is 0 Å². The van der Waals surface area contributed by atoms with Gasteiger partial charge >= 0.3 is 0 Å². The molecule has 18 heavy (non-hydrogen) atoms. The van der Waals surface area contributed by atoms with E-state index in [4.69, 9.17) is 9.47 Å². The number of fused-ring (bicyclic) bond motifs is 1. The Kier molecular flexibility index (Phi) is 4.61. The second-order valence-corrected chi connectivity index (χ2v) is 5.28. The van der Waals surface area contributed by atoms with Gasteiger partial charge in [-0.1, -0.05) is 28.1 Å². The van der Waals surface area contributed by atoms with Crippen molar-refractivity contribution in [3.8, 4) is 5.75 Å². The van der Waals surface area contributed by atoms with Crippen molar-refractivity contribution in [3.63, 3.8) is 0 Å². The van der Waals surface area contributed by atoms with Crippen LogP contribution in [-0.4, -0.2) is 19.8 Å².